The number of Topliss-reactive ketones (excluding diaryl/α,β-unsaturated/α-hetero) is 1. The number of carboxylic acids is 1. The van der Waals surface area contributed by atoms with E-state index in [1.54, 1.807) is 18.2 Å². The second-order valence-corrected chi connectivity index (χ2v) is 4.41. The molecule has 1 aromatic carbocycles. The van der Waals surface area contributed by atoms with Crippen molar-refractivity contribution in [2.45, 2.75) is 24.6 Å². The monoisotopic (exact) mass is 274 g/mol. The molecule has 5 heteroatoms. The van der Waals surface area contributed by atoms with E-state index in [4.69, 9.17) is 28.3 Å². The van der Waals surface area contributed by atoms with E-state index in [9.17, 15) is 9.59 Å². The van der Waals surface area contributed by atoms with Crippen molar-refractivity contribution >= 4 is 35.0 Å². The van der Waals surface area contributed by atoms with Gasteiger partial charge in [-0.1, -0.05) is 18.2 Å². The molecule has 0 aliphatic heterocycles. The molecule has 1 aromatic rings. The van der Waals surface area contributed by atoms with Crippen molar-refractivity contribution in [3.63, 3.8) is 0 Å². The summed E-state index contributed by atoms with van der Waals surface area (Å²) in [5.74, 6) is -0.885. The number of rotatable bonds is 5. The Bertz CT molecular complexity index is 443. The van der Waals surface area contributed by atoms with Crippen LogP contribution < -0.4 is 0 Å². The van der Waals surface area contributed by atoms with Crippen molar-refractivity contribution in [1.29, 1.82) is 0 Å². The molecule has 1 unspecified atom stereocenters. The van der Waals surface area contributed by atoms with Crippen molar-refractivity contribution in [1.82, 2.24) is 0 Å². The van der Waals surface area contributed by atoms with E-state index in [1.807, 2.05) is 0 Å². The lowest BCUT2D eigenvalue weighted by Crippen LogP contribution is -2.09. The molecule has 1 rings (SSSR count). The van der Waals surface area contributed by atoms with Gasteiger partial charge < -0.3 is 5.11 Å². The largest absolute Gasteiger partial charge is 0.481 e. The van der Waals surface area contributed by atoms with Gasteiger partial charge in [-0.05, 0) is 23.6 Å². The summed E-state index contributed by atoms with van der Waals surface area (Å²) < 4.78 is 0. The highest BCUT2D eigenvalue weighted by molar-refractivity contribution is 6.31. The minimum Gasteiger partial charge on any atom is -0.481 e. The molecule has 0 aliphatic rings. The predicted octanol–water partition coefficient (Wildman–Crippen LogP) is 2.92. The molecule has 0 amide bonds. The van der Waals surface area contributed by atoms with Crippen LogP contribution in [0.2, 0.25) is 0 Å². The summed E-state index contributed by atoms with van der Waals surface area (Å²) >= 11 is 11.7. The Hall–Kier alpha value is -1.06. The number of carbonyl (C=O) groups excluding carboxylic acids is 1. The van der Waals surface area contributed by atoms with Crippen LogP contribution in [0.15, 0.2) is 18.2 Å². The number of benzene rings is 1. The Balaban J connectivity index is 3.20. The van der Waals surface area contributed by atoms with Gasteiger partial charge in [0, 0.05) is 5.88 Å². The van der Waals surface area contributed by atoms with Gasteiger partial charge in [0.05, 0.1) is 6.42 Å². The molecule has 3 nitrogen and oxygen atoms in total. The van der Waals surface area contributed by atoms with E-state index in [0.29, 0.717) is 17.0 Å². The van der Waals surface area contributed by atoms with Gasteiger partial charge in [-0.25, -0.2) is 0 Å². The number of carboxylic acid groups (broad SMARTS) is 1. The maximum absolute atomic E-state index is 11.3. The Kier molecular flexibility index (Phi) is 4.97. The fraction of sp³-hybridized carbons (Fsp3) is 0.333. The molecule has 0 bridgehead atoms. The first-order chi connectivity index (χ1) is 7.95. The number of carbonyl (C=O) groups is 2. The SMILES string of the molecule is CC(=O)C(Cl)c1cc(CCl)ccc1CC(=O)O. The van der Waals surface area contributed by atoms with Crippen molar-refractivity contribution in [3.05, 3.63) is 34.9 Å². The summed E-state index contributed by atoms with van der Waals surface area (Å²) in [4.78, 5) is 22.0. The average Bonchev–Trinajstić information content (AvgIpc) is 2.27. The summed E-state index contributed by atoms with van der Waals surface area (Å²) in [5.41, 5.74) is 1.88. The van der Waals surface area contributed by atoms with Crippen LogP contribution in [-0.4, -0.2) is 16.9 Å². The van der Waals surface area contributed by atoms with E-state index >= 15 is 0 Å². The maximum Gasteiger partial charge on any atom is 0.307 e. The van der Waals surface area contributed by atoms with Gasteiger partial charge in [-0.15, -0.1) is 23.2 Å². The van der Waals surface area contributed by atoms with Crippen molar-refractivity contribution in [2.75, 3.05) is 0 Å². The summed E-state index contributed by atoms with van der Waals surface area (Å²) in [6.45, 7) is 1.37. The number of ketones is 1. The zero-order valence-electron chi connectivity index (χ0n) is 9.24. The van der Waals surface area contributed by atoms with E-state index in [-0.39, 0.29) is 12.2 Å². The topological polar surface area (TPSA) is 54.4 Å². The van der Waals surface area contributed by atoms with Crippen LogP contribution >= 0.6 is 23.2 Å². The van der Waals surface area contributed by atoms with Gasteiger partial charge in [0.25, 0.3) is 0 Å². The minimum atomic E-state index is -0.961. The lowest BCUT2D eigenvalue weighted by molar-refractivity contribution is -0.136. The minimum absolute atomic E-state index is 0.158. The second kappa shape index (κ2) is 6.03. The van der Waals surface area contributed by atoms with Crippen LogP contribution in [0.25, 0.3) is 0 Å². The van der Waals surface area contributed by atoms with Gasteiger partial charge in [-0.2, -0.15) is 0 Å². The third kappa shape index (κ3) is 3.72. The molecule has 0 saturated heterocycles. The fourth-order valence-electron chi connectivity index (χ4n) is 1.51. The number of hydrogen-bond donors (Lipinski definition) is 1. The third-order valence-electron chi connectivity index (χ3n) is 2.34. The summed E-state index contributed by atoms with van der Waals surface area (Å²) in [7, 11) is 0. The zero-order valence-corrected chi connectivity index (χ0v) is 10.8. The van der Waals surface area contributed by atoms with Gasteiger partial charge >= 0.3 is 5.97 Å². The number of hydrogen-bond acceptors (Lipinski definition) is 2. The Morgan fingerprint density at radius 2 is 2.06 bits per heavy atom. The number of alkyl halides is 2. The Labute approximate surface area is 109 Å². The first kappa shape index (κ1) is 14.0. The highest BCUT2D eigenvalue weighted by atomic mass is 35.5. The van der Waals surface area contributed by atoms with Crippen LogP contribution in [0.1, 0.15) is 29.0 Å². The zero-order chi connectivity index (χ0) is 13.0. The van der Waals surface area contributed by atoms with E-state index in [0.717, 1.165) is 5.56 Å². The Morgan fingerprint density at radius 1 is 1.41 bits per heavy atom. The molecule has 0 heterocycles. The maximum atomic E-state index is 11.3. The summed E-state index contributed by atoms with van der Waals surface area (Å²) in [6, 6.07) is 5.07. The molecule has 0 saturated carbocycles. The van der Waals surface area contributed by atoms with Gasteiger partial charge in [0.1, 0.15) is 5.38 Å². The quantitative estimate of drug-likeness (QED) is 0.840. The number of aliphatic carboxylic acids is 1. The lowest BCUT2D eigenvalue weighted by atomic mass is 9.97. The van der Waals surface area contributed by atoms with Crippen LogP contribution in [0.5, 0.6) is 0 Å². The van der Waals surface area contributed by atoms with Crippen molar-refractivity contribution < 1.29 is 14.7 Å². The molecule has 1 N–H and O–H groups in total. The Morgan fingerprint density at radius 3 is 2.53 bits per heavy atom. The van der Waals surface area contributed by atoms with Gasteiger partial charge in [0.15, 0.2) is 5.78 Å². The molecule has 92 valence electrons. The molecule has 0 spiro atoms. The molecule has 0 radical (unpaired) electrons. The molecular formula is C12H12Cl2O3. The van der Waals surface area contributed by atoms with E-state index in [1.165, 1.54) is 6.92 Å². The summed E-state index contributed by atoms with van der Waals surface area (Å²) in [5, 5.41) is 7.96. The molecule has 0 aliphatic carbocycles. The second-order valence-electron chi connectivity index (χ2n) is 3.71. The van der Waals surface area contributed by atoms with Crippen molar-refractivity contribution in [2.24, 2.45) is 0 Å². The van der Waals surface area contributed by atoms with Crippen LogP contribution in [0.3, 0.4) is 0 Å². The number of halogens is 2. The molecular weight excluding hydrogens is 263 g/mol. The van der Waals surface area contributed by atoms with E-state index < -0.39 is 11.3 Å². The highest BCUT2D eigenvalue weighted by Gasteiger charge is 2.18. The van der Waals surface area contributed by atoms with Gasteiger partial charge in [0.2, 0.25) is 0 Å². The fourth-order valence-corrected chi connectivity index (χ4v) is 1.88. The van der Waals surface area contributed by atoms with Crippen LogP contribution in [0.4, 0.5) is 0 Å². The molecule has 17 heavy (non-hydrogen) atoms. The summed E-state index contributed by atoms with van der Waals surface area (Å²) in [6.07, 6.45) is -0.158. The molecule has 0 fully saturated rings. The smallest absolute Gasteiger partial charge is 0.307 e. The van der Waals surface area contributed by atoms with Crippen LogP contribution in [0, 0.1) is 0 Å². The highest BCUT2D eigenvalue weighted by Crippen LogP contribution is 2.27. The van der Waals surface area contributed by atoms with Crippen molar-refractivity contribution in [3.8, 4) is 0 Å². The van der Waals surface area contributed by atoms with Crippen LogP contribution in [-0.2, 0) is 21.9 Å². The van der Waals surface area contributed by atoms with Gasteiger partial charge in [-0.3, -0.25) is 9.59 Å². The third-order valence-corrected chi connectivity index (χ3v) is 3.19. The first-order valence-corrected chi connectivity index (χ1v) is 5.96. The molecule has 1 atom stereocenters. The van der Waals surface area contributed by atoms with E-state index in [2.05, 4.69) is 0 Å². The average molecular weight is 275 g/mol. The first-order valence-electron chi connectivity index (χ1n) is 4.99. The molecule has 0 aromatic heterocycles. The normalized spacial score (nSPS) is 12.2. The lowest BCUT2D eigenvalue weighted by Gasteiger charge is -2.12. The standard InChI is InChI=1S/C12H12Cl2O3/c1-7(15)12(14)10-4-8(6-13)2-3-9(10)5-11(16)17/h2-4,12H,5-6H2,1H3,(H,16,17). The predicted molar refractivity (Wildman–Crippen MR) is 66.6 cm³/mol.